The minimum Gasteiger partial charge on any atom is -0.444 e. The zero-order valence-electron chi connectivity index (χ0n) is 11.9. The zero-order valence-corrected chi connectivity index (χ0v) is 13.5. The lowest BCUT2D eigenvalue weighted by Gasteiger charge is -2.27. The second-order valence-electron chi connectivity index (χ2n) is 6.05. The molecule has 5 heteroatoms. The van der Waals surface area contributed by atoms with E-state index < -0.39 is 5.60 Å². The molecule has 3 nitrogen and oxygen atoms in total. The van der Waals surface area contributed by atoms with E-state index in [-0.39, 0.29) is 18.0 Å². The minimum atomic E-state index is -0.519. The SMILES string of the molecule is CC(C)(C)OC(=O)N(Cc1ccc(F)cc1)C1CC1Br. The quantitative estimate of drug-likeness (QED) is 0.773. The number of amides is 1. The van der Waals surface area contributed by atoms with Crippen LogP contribution in [0.3, 0.4) is 0 Å². The van der Waals surface area contributed by atoms with Gasteiger partial charge >= 0.3 is 6.09 Å². The molecule has 0 bridgehead atoms. The molecule has 1 fully saturated rings. The molecule has 2 rings (SSSR count). The van der Waals surface area contributed by atoms with Gasteiger partial charge in [0.2, 0.25) is 0 Å². The van der Waals surface area contributed by atoms with Gasteiger partial charge in [0.25, 0.3) is 0 Å². The van der Waals surface area contributed by atoms with E-state index >= 15 is 0 Å². The predicted octanol–water partition coefficient (Wildman–Crippen LogP) is 4.10. The molecule has 0 heterocycles. The Balaban J connectivity index is 2.08. The molecule has 0 aromatic heterocycles. The number of nitrogens with zero attached hydrogens (tertiary/aromatic N) is 1. The highest BCUT2D eigenvalue weighted by atomic mass is 79.9. The van der Waals surface area contributed by atoms with E-state index in [0.717, 1.165) is 12.0 Å². The molecule has 1 amide bonds. The van der Waals surface area contributed by atoms with Gasteiger partial charge in [-0.15, -0.1) is 0 Å². The molecule has 0 spiro atoms. The van der Waals surface area contributed by atoms with Crippen LogP contribution in [0.25, 0.3) is 0 Å². The number of rotatable bonds is 3. The summed E-state index contributed by atoms with van der Waals surface area (Å²) in [6.45, 7) is 5.97. The number of benzene rings is 1. The Kier molecular flexibility index (Phi) is 4.37. The monoisotopic (exact) mass is 343 g/mol. The number of hydrogen-bond acceptors (Lipinski definition) is 2. The van der Waals surface area contributed by atoms with E-state index in [0.29, 0.717) is 11.4 Å². The first-order chi connectivity index (χ1) is 9.26. The maximum Gasteiger partial charge on any atom is 0.410 e. The van der Waals surface area contributed by atoms with E-state index in [2.05, 4.69) is 15.9 Å². The van der Waals surface area contributed by atoms with Crippen molar-refractivity contribution in [3.63, 3.8) is 0 Å². The maximum atomic E-state index is 12.9. The Morgan fingerprint density at radius 2 is 1.95 bits per heavy atom. The minimum absolute atomic E-state index is 0.148. The van der Waals surface area contributed by atoms with Gasteiger partial charge in [0.15, 0.2) is 0 Å². The molecule has 20 heavy (non-hydrogen) atoms. The van der Waals surface area contributed by atoms with Crippen LogP contribution in [0.4, 0.5) is 9.18 Å². The standard InChI is InChI=1S/C15H19BrFNO2/c1-15(2,3)20-14(19)18(13-8-12(13)16)9-10-4-6-11(17)7-5-10/h4-7,12-13H,8-9H2,1-3H3. The van der Waals surface area contributed by atoms with Crippen molar-refractivity contribution in [3.8, 4) is 0 Å². The number of alkyl halides is 1. The van der Waals surface area contributed by atoms with Crippen LogP contribution in [0.15, 0.2) is 24.3 Å². The third-order valence-corrected chi connectivity index (χ3v) is 3.96. The average molecular weight is 344 g/mol. The summed E-state index contributed by atoms with van der Waals surface area (Å²) in [5.74, 6) is -0.276. The van der Waals surface area contributed by atoms with Crippen LogP contribution < -0.4 is 0 Å². The molecule has 2 atom stereocenters. The van der Waals surface area contributed by atoms with Gasteiger partial charge in [-0.3, -0.25) is 4.90 Å². The third-order valence-electron chi connectivity index (χ3n) is 2.98. The maximum absolute atomic E-state index is 12.9. The topological polar surface area (TPSA) is 29.5 Å². The summed E-state index contributed by atoms with van der Waals surface area (Å²) in [6, 6.07) is 6.34. The Morgan fingerprint density at radius 3 is 2.40 bits per heavy atom. The van der Waals surface area contributed by atoms with Crippen molar-refractivity contribution >= 4 is 22.0 Å². The molecule has 1 aliphatic rings. The van der Waals surface area contributed by atoms with E-state index in [1.807, 2.05) is 20.8 Å². The van der Waals surface area contributed by atoms with Crippen LogP contribution in [0.5, 0.6) is 0 Å². The van der Waals surface area contributed by atoms with Crippen molar-refractivity contribution in [2.45, 2.75) is 50.2 Å². The highest BCUT2D eigenvalue weighted by Gasteiger charge is 2.43. The van der Waals surface area contributed by atoms with Crippen LogP contribution in [-0.2, 0) is 11.3 Å². The summed E-state index contributed by atoms with van der Waals surface area (Å²) in [5, 5.41) is 0. The summed E-state index contributed by atoms with van der Waals surface area (Å²) in [4.78, 5) is 14.3. The van der Waals surface area contributed by atoms with E-state index in [9.17, 15) is 9.18 Å². The van der Waals surface area contributed by atoms with Gasteiger partial charge in [-0.2, -0.15) is 0 Å². The van der Waals surface area contributed by atoms with Gasteiger partial charge in [-0.25, -0.2) is 9.18 Å². The Bertz CT molecular complexity index is 484. The van der Waals surface area contributed by atoms with Crippen molar-refractivity contribution in [2.75, 3.05) is 0 Å². The number of carbonyl (C=O) groups excluding carboxylic acids is 1. The van der Waals surface area contributed by atoms with Crippen molar-refractivity contribution in [3.05, 3.63) is 35.6 Å². The summed E-state index contributed by atoms with van der Waals surface area (Å²) in [7, 11) is 0. The molecule has 0 saturated heterocycles. The number of carbonyl (C=O) groups is 1. The molecule has 2 unspecified atom stereocenters. The second kappa shape index (κ2) is 5.72. The van der Waals surface area contributed by atoms with Crippen LogP contribution in [-0.4, -0.2) is 27.5 Å². The molecule has 1 aliphatic carbocycles. The summed E-state index contributed by atoms with van der Waals surface area (Å²) in [5.41, 5.74) is 0.373. The molecule has 0 aliphatic heterocycles. The molecule has 110 valence electrons. The molecular weight excluding hydrogens is 325 g/mol. The fraction of sp³-hybridized carbons (Fsp3) is 0.533. The summed E-state index contributed by atoms with van der Waals surface area (Å²) < 4.78 is 18.4. The van der Waals surface area contributed by atoms with Crippen LogP contribution >= 0.6 is 15.9 Å². The smallest absolute Gasteiger partial charge is 0.410 e. The lowest BCUT2D eigenvalue weighted by Crippen LogP contribution is -2.38. The molecule has 0 N–H and O–H groups in total. The Labute approximate surface area is 127 Å². The first-order valence-electron chi connectivity index (χ1n) is 6.64. The van der Waals surface area contributed by atoms with Gasteiger partial charge in [0.05, 0.1) is 0 Å². The van der Waals surface area contributed by atoms with Crippen molar-refractivity contribution in [1.29, 1.82) is 0 Å². The Hall–Kier alpha value is -1.10. The van der Waals surface area contributed by atoms with E-state index in [4.69, 9.17) is 4.74 Å². The van der Waals surface area contributed by atoms with Crippen molar-refractivity contribution in [2.24, 2.45) is 0 Å². The summed E-state index contributed by atoms with van der Waals surface area (Å²) >= 11 is 3.51. The van der Waals surface area contributed by atoms with Crippen molar-refractivity contribution in [1.82, 2.24) is 4.90 Å². The normalized spacial score (nSPS) is 21.4. The third kappa shape index (κ3) is 4.20. The van der Waals surface area contributed by atoms with Gasteiger partial charge in [0, 0.05) is 17.4 Å². The molecule has 1 aromatic carbocycles. The molecule has 1 aromatic rings. The van der Waals surface area contributed by atoms with Crippen molar-refractivity contribution < 1.29 is 13.9 Å². The first kappa shape index (κ1) is 15.3. The van der Waals surface area contributed by atoms with Gasteiger partial charge in [-0.05, 0) is 44.9 Å². The van der Waals surface area contributed by atoms with Crippen LogP contribution in [0.1, 0.15) is 32.8 Å². The van der Waals surface area contributed by atoms with E-state index in [1.165, 1.54) is 12.1 Å². The van der Waals surface area contributed by atoms with Gasteiger partial charge < -0.3 is 4.74 Å². The fourth-order valence-corrected chi connectivity index (χ4v) is 2.57. The highest BCUT2D eigenvalue weighted by Crippen LogP contribution is 2.36. The first-order valence-corrected chi connectivity index (χ1v) is 7.56. The lowest BCUT2D eigenvalue weighted by molar-refractivity contribution is 0.0218. The summed E-state index contributed by atoms with van der Waals surface area (Å²) in [6.07, 6.45) is 0.592. The fourth-order valence-electron chi connectivity index (χ4n) is 1.90. The Morgan fingerprint density at radius 1 is 1.40 bits per heavy atom. The van der Waals surface area contributed by atoms with Crippen LogP contribution in [0.2, 0.25) is 0 Å². The van der Waals surface area contributed by atoms with Crippen LogP contribution in [0, 0.1) is 5.82 Å². The lowest BCUT2D eigenvalue weighted by atomic mass is 10.2. The molecule has 1 saturated carbocycles. The number of ether oxygens (including phenoxy) is 1. The zero-order chi connectivity index (χ0) is 14.9. The molecular formula is C15H19BrFNO2. The average Bonchev–Trinajstić information content (AvgIpc) is 3.03. The predicted molar refractivity (Wildman–Crippen MR) is 79.3 cm³/mol. The van der Waals surface area contributed by atoms with Gasteiger partial charge in [0.1, 0.15) is 11.4 Å². The molecule has 0 radical (unpaired) electrons. The van der Waals surface area contributed by atoms with E-state index in [1.54, 1.807) is 17.0 Å². The highest BCUT2D eigenvalue weighted by molar-refractivity contribution is 9.09. The largest absolute Gasteiger partial charge is 0.444 e. The van der Waals surface area contributed by atoms with Gasteiger partial charge in [-0.1, -0.05) is 28.1 Å². The second-order valence-corrected chi connectivity index (χ2v) is 7.23. The number of halogens is 2. The number of hydrogen-bond donors (Lipinski definition) is 0.